The smallest absolute Gasteiger partial charge is 1.00 e. The van der Waals surface area contributed by atoms with E-state index in [1.807, 2.05) is 0 Å². The Bertz CT molecular complexity index is 469. The van der Waals surface area contributed by atoms with Crippen LogP contribution in [0, 0.1) is 5.41 Å². The predicted octanol–water partition coefficient (Wildman–Crippen LogP) is -3.57. The molecule has 1 aromatic carbocycles. The van der Waals surface area contributed by atoms with Crippen molar-refractivity contribution in [2.75, 3.05) is 19.5 Å². The van der Waals surface area contributed by atoms with Gasteiger partial charge in [0.05, 0.1) is 0 Å². The van der Waals surface area contributed by atoms with Gasteiger partial charge < -0.3 is 37.2 Å². The third-order valence-electron chi connectivity index (χ3n) is 3.77. The van der Waals surface area contributed by atoms with Crippen LogP contribution < -0.4 is 37.2 Å². The van der Waals surface area contributed by atoms with E-state index in [1.54, 1.807) is 5.56 Å². The maximum Gasteiger partial charge on any atom is -1.00 e. The number of hydrogen-bond donors (Lipinski definition) is 0. The Kier molecular flexibility index (Phi) is 12.3. The number of rotatable bonds is 4. The molecule has 2 unspecified atom stereocenters. The van der Waals surface area contributed by atoms with Crippen LogP contribution in [0.5, 0.6) is 0 Å². The Morgan fingerprint density at radius 1 is 1.09 bits per heavy atom. The zero-order valence-corrected chi connectivity index (χ0v) is 18.6. The molecular formula is C17H25Cl3PTi. The molecule has 22 heavy (non-hydrogen) atoms. The molecule has 5 heteroatoms. The van der Waals surface area contributed by atoms with E-state index in [0.29, 0.717) is 5.41 Å². The van der Waals surface area contributed by atoms with Crippen molar-refractivity contribution in [1.29, 1.82) is 0 Å². The van der Waals surface area contributed by atoms with Crippen molar-refractivity contribution in [1.82, 2.24) is 0 Å². The molecule has 0 amide bonds. The van der Waals surface area contributed by atoms with Gasteiger partial charge in [0.15, 0.2) is 0 Å². The van der Waals surface area contributed by atoms with E-state index < -0.39 is 0 Å². The van der Waals surface area contributed by atoms with Crippen molar-refractivity contribution in [2.45, 2.75) is 29.2 Å². The van der Waals surface area contributed by atoms with Gasteiger partial charge in [-0.3, -0.25) is 0 Å². The second-order valence-electron chi connectivity index (χ2n) is 6.81. The summed E-state index contributed by atoms with van der Waals surface area (Å²) in [4.78, 5) is 0. The fourth-order valence-corrected chi connectivity index (χ4v) is 8.61. The Hall–Kier alpha value is 0.974. The van der Waals surface area contributed by atoms with Gasteiger partial charge in [-0.15, -0.1) is 0 Å². The van der Waals surface area contributed by atoms with Crippen molar-refractivity contribution in [3.8, 4) is 0 Å². The fourth-order valence-electron chi connectivity index (χ4n) is 2.55. The molecule has 1 aliphatic carbocycles. The Morgan fingerprint density at radius 2 is 1.68 bits per heavy atom. The van der Waals surface area contributed by atoms with Gasteiger partial charge in [-0.2, -0.15) is 0 Å². The topological polar surface area (TPSA) is 0 Å². The van der Waals surface area contributed by atoms with Gasteiger partial charge in [0.2, 0.25) is 0 Å². The molecule has 0 nitrogen and oxygen atoms in total. The van der Waals surface area contributed by atoms with E-state index >= 15 is 0 Å². The van der Waals surface area contributed by atoms with Crippen LogP contribution in [0.2, 0.25) is 4.22 Å². The number of benzene rings is 1. The minimum absolute atomic E-state index is 0. The summed E-state index contributed by atoms with van der Waals surface area (Å²) in [5, 5.41) is 0. The molecule has 0 fully saturated rings. The van der Waals surface area contributed by atoms with E-state index in [0.717, 1.165) is 8.45 Å². The van der Waals surface area contributed by atoms with Gasteiger partial charge in [-0.1, -0.05) is 0 Å². The van der Waals surface area contributed by atoms with E-state index in [9.17, 15) is 0 Å². The summed E-state index contributed by atoms with van der Waals surface area (Å²) in [6, 6.07) is 8.95. The molecule has 1 aromatic rings. The molecule has 2 rings (SSSR count). The van der Waals surface area contributed by atoms with Crippen molar-refractivity contribution >= 4 is 14.0 Å². The van der Waals surface area contributed by atoms with Crippen LogP contribution in [-0.4, -0.2) is 19.5 Å². The second kappa shape index (κ2) is 10.8. The molecule has 1 aliphatic rings. The van der Waals surface area contributed by atoms with Crippen LogP contribution in [-0.2, 0) is 19.2 Å². The van der Waals surface area contributed by atoms with Gasteiger partial charge in [-0.05, 0) is 0 Å². The van der Waals surface area contributed by atoms with Crippen LogP contribution in [0.3, 0.4) is 0 Å². The predicted molar refractivity (Wildman–Crippen MR) is 85.1 cm³/mol. The van der Waals surface area contributed by atoms with E-state index in [2.05, 4.69) is 70.5 Å². The molecule has 0 radical (unpaired) electrons. The molecule has 0 heterocycles. The molecule has 0 N–H and O–H groups in total. The normalized spacial score (nSPS) is 16.7. The summed E-state index contributed by atoms with van der Waals surface area (Å²) >= 11 is 0.0182. The second-order valence-corrected chi connectivity index (χ2v) is 11.9. The summed E-state index contributed by atoms with van der Waals surface area (Å²) in [6.07, 6.45) is 6.26. The molecule has 0 bridgehead atoms. The summed E-state index contributed by atoms with van der Waals surface area (Å²) in [6.45, 7) is 12.2. The summed E-state index contributed by atoms with van der Waals surface area (Å²) in [7, 11) is 0.216. The third-order valence-corrected chi connectivity index (χ3v) is 9.05. The molecule has 0 aromatic heterocycles. The average Bonchev–Trinajstić information content (AvgIpc) is 2.70. The number of fused-ring (bicyclic) bond motifs is 1. The molecule has 0 aliphatic heterocycles. The minimum Gasteiger partial charge on any atom is -1.00 e. The molecule has 0 saturated heterocycles. The van der Waals surface area contributed by atoms with Gasteiger partial charge in [0.25, 0.3) is 0 Å². The van der Waals surface area contributed by atoms with Crippen molar-refractivity contribution in [3.05, 3.63) is 41.5 Å². The SMILES string of the molecule is CP(C)C[CH]([Ti+3][CH]1C=Cc2ccccc21)C(C)(C)C.[Cl-].[Cl-].[Cl-]. The maximum absolute atomic E-state index is 2.47. The van der Waals surface area contributed by atoms with Gasteiger partial charge in [0.1, 0.15) is 0 Å². The van der Waals surface area contributed by atoms with Gasteiger partial charge >= 0.3 is 129 Å². The first-order chi connectivity index (χ1) is 8.88. The first kappa shape index (κ1) is 25.2. The average molecular weight is 415 g/mol. The quantitative estimate of drug-likeness (QED) is 0.353. The third kappa shape index (κ3) is 6.84. The standard InChI is InChI=1S/C9H7.C8H18P.3ClH.Ti/c1-2-5-9-7-3-6-8(9)4-1;1-8(2,3)6-7-9(4)5;;;;/h1-7H;6H,7H2,1-5H3;3*1H;/q;;;;;+3/p-3. The first-order valence-electron chi connectivity index (χ1n) is 7.06. The summed E-state index contributed by atoms with van der Waals surface area (Å²) < 4.78 is 1.70. The minimum atomic E-state index is 0. The van der Waals surface area contributed by atoms with Gasteiger partial charge in [0, 0.05) is 0 Å². The zero-order chi connectivity index (χ0) is 14.0. The van der Waals surface area contributed by atoms with Crippen molar-refractivity contribution in [2.24, 2.45) is 5.41 Å². The van der Waals surface area contributed by atoms with Crippen LogP contribution in [0.1, 0.15) is 36.1 Å². The maximum atomic E-state index is 2.47. The number of halogens is 3. The number of hydrogen-bond acceptors (Lipinski definition) is 0. The van der Waals surface area contributed by atoms with Gasteiger partial charge in [-0.25, -0.2) is 0 Å². The molecule has 2 atom stereocenters. The van der Waals surface area contributed by atoms with E-state index in [4.69, 9.17) is 0 Å². The zero-order valence-electron chi connectivity index (χ0n) is 13.9. The monoisotopic (exact) mass is 413 g/mol. The first-order valence-corrected chi connectivity index (χ1v) is 11.3. The fraction of sp³-hybridized carbons (Fsp3) is 0.529. The van der Waals surface area contributed by atoms with Crippen LogP contribution in [0.4, 0.5) is 0 Å². The summed E-state index contributed by atoms with van der Waals surface area (Å²) in [5.41, 5.74) is 3.52. The van der Waals surface area contributed by atoms with Crippen molar-refractivity contribution < 1.29 is 56.4 Å². The Balaban J connectivity index is 0. The Morgan fingerprint density at radius 3 is 2.23 bits per heavy atom. The molecule has 123 valence electrons. The Labute approximate surface area is 165 Å². The molecule has 0 spiro atoms. The van der Waals surface area contributed by atoms with Crippen LogP contribution in [0.15, 0.2) is 30.3 Å². The largest absolute Gasteiger partial charge is 1.00 e. The van der Waals surface area contributed by atoms with Crippen LogP contribution >= 0.6 is 7.92 Å². The van der Waals surface area contributed by atoms with Crippen LogP contribution in [0.25, 0.3) is 6.08 Å². The summed E-state index contributed by atoms with van der Waals surface area (Å²) in [5.74, 6) is 0. The van der Waals surface area contributed by atoms with E-state index in [1.165, 1.54) is 11.7 Å². The molecule has 0 saturated carbocycles. The number of allylic oxidation sites excluding steroid dienone is 1. The molecular weight excluding hydrogens is 389 g/mol. The van der Waals surface area contributed by atoms with E-state index in [-0.39, 0.29) is 64.3 Å². The van der Waals surface area contributed by atoms with Crippen molar-refractivity contribution in [3.63, 3.8) is 0 Å².